The summed E-state index contributed by atoms with van der Waals surface area (Å²) in [4.78, 5) is 20.0. The van der Waals surface area contributed by atoms with Gasteiger partial charge in [0.25, 0.3) is 5.91 Å². The number of nitrogens with one attached hydrogen (secondary N) is 1. The lowest BCUT2D eigenvalue weighted by molar-refractivity contribution is 0.0942. The van der Waals surface area contributed by atoms with Crippen molar-refractivity contribution in [3.05, 3.63) is 89.7 Å². The van der Waals surface area contributed by atoms with Gasteiger partial charge in [-0.05, 0) is 67.7 Å². The number of pyridine rings is 1. The highest BCUT2D eigenvalue weighted by Gasteiger charge is 2.16. The van der Waals surface area contributed by atoms with E-state index in [1.807, 2.05) is 74.9 Å². The summed E-state index contributed by atoms with van der Waals surface area (Å²) in [5, 5.41) is 3.06. The van der Waals surface area contributed by atoms with Crippen LogP contribution in [0.4, 0.5) is 0 Å². The molecule has 6 heteroatoms. The van der Waals surface area contributed by atoms with E-state index in [0.717, 1.165) is 22.0 Å². The number of likely N-dealkylation sites (N-methyl/N-ethyl adjacent to an activating group) is 1. The van der Waals surface area contributed by atoms with Gasteiger partial charge in [0.15, 0.2) is 0 Å². The van der Waals surface area contributed by atoms with Gasteiger partial charge in [0.05, 0.1) is 13.2 Å². The Balaban J connectivity index is 1.56. The first-order valence-corrected chi connectivity index (χ1v) is 10.8. The van der Waals surface area contributed by atoms with Crippen LogP contribution in [0.3, 0.4) is 0 Å². The zero-order valence-corrected chi connectivity index (χ0v) is 18.4. The molecule has 2 aromatic carbocycles. The maximum atomic E-state index is 12.6. The third-order valence-electron chi connectivity index (χ3n) is 4.82. The second kappa shape index (κ2) is 10.8. The first kappa shape index (κ1) is 21.9. The van der Waals surface area contributed by atoms with Crippen LogP contribution in [0.1, 0.15) is 27.5 Å². The number of nitrogens with zero attached hydrogens (tertiary/aromatic N) is 2. The van der Waals surface area contributed by atoms with Gasteiger partial charge in [-0.25, -0.2) is 0 Å². The molecule has 0 saturated heterocycles. The quantitative estimate of drug-likeness (QED) is 0.519. The fourth-order valence-corrected chi connectivity index (χ4v) is 3.90. The van der Waals surface area contributed by atoms with E-state index in [-0.39, 0.29) is 11.9 Å². The molecule has 1 N–H and O–H groups in total. The van der Waals surface area contributed by atoms with Crippen molar-refractivity contribution in [1.29, 1.82) is 0 Å². The summed E-state index contributed by atoms with van der Waals surface area (Å²) < 4.78 is 5.23. The van der Waals surface area contributed by atoms with Crippen LogP contribution in [-0.2, 0) is 5.75 Å². The molecule has 3 rings (SSSR count). The van der Waals surface area contributed by atoms with Crippen molar-refractivity contribution < 1.29 is 9.53 Å². The predicted molar refractivity (Wildman–Crippen MR) is 122 cm³/mol. The van der Waals surface area contributed by atoms with Crippen molar-refractivity contribution in [2.45, 2.75) is 16.7 Å². The first-order valence-electron chi connectivity index (χ1n) is 9.77. The minimum atomic E-state index is -0.0702. The molecule has 0 radical (unpaired) electrons. The summed E-state index contributed by atoms with van der Waals surface area (Å²) in [6.07, 6.45) is 3.65. The maximum absolute atomic E-state index is 12.6. The fourth-order valence-electron chi connectivity index (χ4n) is 3.07. The molecule has 0 saturated carbocycles. The average molecular weight is 422 g/mol. The molecule has 0 aliphatic rings. The minimum Gasteiger partial charge on any atom is -0.497 e. The Morgan fingerprint density at radius 3 is 2.43 bits per heavy atom. The summed E-state index contributed by atoms with van der Waals surface area (Å²) in [6, 6.07) is 19.7. The molecule has 1 heterocycles. The van der Waals surface area contributed by atoms with E-state index in [2.05, 4.69) is 21.3 Å². The van der Waals surface area contributed by atoms with Crippen molar-refractivity contribution in [1.82, 2.24) is 15.2 Å². The van der Waals surface area contributed by atoms with Crippen molar-refractivity contribution in [3.63, 3.8) is 0 Å². The average Bonchev–Trinajstić information content (AvgIpc) is 2.79. The van der Waals surface area contributed by atoms with E-state index in [1.54, 1.807) is 25.1 Å². The normalized spacial score (nSPS) is 11.9. The second-order valence-electron chi connectivity index (χ2n) is 7.14. The minimum absolute atomic E-state index is 0.0702. The molecule has 30 heavy (non-hydrogen) atoms. The molecule has 0 aliphatic carbocycles. The highest BCUT2D eigenvalue weighted by Crippen LogP contribution is 2.23. The third-order valence-corrected chi connectivity index (χ3v) is 5.91. The number of methoxy groups -OCH3 is 1. The Bertz CT molecular complexity index is 929. The molecule has 5 nitrogen and oxygen atoms in total. The molecular formula is C24H27N3O2S. The summed E-state index contributed by atoms with van der Waals surface area (Å²) in [6.45, 7) is 0.523. The zero-order chi connectivity index (χ0) is 21.3. The van der Waals surface area contributed by atoms with E-state index < -0.39 is 0 Å². The second-order valence-corrected chi connectivity index (χ2v) is 8.19. The summed E-state index contributed by atoms with van der Waals surface area (Å²) in [5.74, 6) is 1.60. The number of benzene rings is 2. The van der Waals surface area contributed by atoms with E-state index in [0.29, 0.717) is 12.1 Å². The lowest BCUT2D eigenvalue weighted by Gasteiger charge is -2.25. The lowest BCUT2D eigenvalue weighted by atomic mass is 10.1. The standard InChI is InChI=1S/C24H27N3O2S/c1-27(2)23(19-6-10-21(29-3)11-7-19)16-26-24(28)20-8-12-22(13-9-20)30-17-18-5-4-14-25-15-18/h4-15,23H,16-17H2,1-3H3,(H,26,28). The Morgan fingerprint density at radius 1 is 1.10 bits per heavy atom. The van der Waals surface area contributed by atoms with Crippen LogP contribution < -0.4 is 10.1 Å². The number of carbonyl (C=O) groups is 1. The number of carbonyl (C=O) groups excluding carboxylic acids is 1. The number of hydrogen-bond acceptors (Lipinski definition) is 5. The van der Waals surface area contributed by atoms with Crippen LogP contribution in [0.25, 0.3) is 0 Å². The van der Waals surface area contributed by atoms with Crippen LogP contribution in [0.5, 0.6) is 5.75 Å². The third kappa shape index (κ3) is 6.08. The molecular weight excluding hydrogens is 394 g/mol. The summed E-state index contributed by atoms with van der Waals surface area (Å²) in [5.41, 5.74) is 2.97. The molecule has 1 amide bonds. The highest BCUT2D eigenvalue weighted by atomic mass is 32.2. The van der Waals surface area contributed by atoms with Gasteiger partial charge in [-0.1, -0.05) is 18.2 Å². The molecule has 156 valence electrons. The number of rotatable bonds is 9. The highest BCUT2D eigenvalue weighted by molar-refractivity contribution is 7.98. The molecule has 1 unspecified atom stereocenters. The van der Waals surface area contributed by atoms with Gasteiger partial charge in [0.2, 0.25) is 0 Å². The van der Waals surface area contributed by atoms with Crippen LogP contribution in [0.2, 0.25) is 0 Å². The Hall–Kier alpha value is -2.83. The van der Waals surface area contributed by atoms with Gasteiger partial charge in [0, 0.05) is 35.2 Å². The lowest BCUT2D eigenvalue weighted by Crippen LogP contribution is -2.34. The number of thioether (sulfide) groups is 1. The van der Waals surface area contributed by atoms with E-state index in [9.17, 15) is 4.79 Å². The van der Waals surface area contributed by atoms with Crippen LogP contribution >= 0.6 is 11.8 Å². The molecule has 0 aliphatic heterocycles. The first-order chi connectivity index (χ1) is 14.6. The Morgan fingerprint density at radius 2 is 1.83 bits per heavy atom. The molecule has 1 aromatic heterocycles. The number of aromatic nitrogens is 1. The van der Waals surface area contributed by atoms with Crippen LogP contribution in [-0.4, -0.2) is 43.5 Å². The van der Waals surface area contributed by atoms with Crippen molar-refractivity contribution in [2.24, 2.45) is 0 Å². The van der Waals surface area contributed by atoms with Crippen LogP contribution in [0.15, 0.2) is 78.0 Å². The van der Waals surface area contributed by atoms with E-state index >= 15 is 0 Å². The smallest absolute Gasteiger partial charge is 0.251 e. The van der Waals surface area contributed by atoms with Gasteiger partial charge < -0.3 is 15.0 Å². The van der Waals surface area contributed by atoms with Gasteiger partial charge in [-0.2, -0.15) is 0 Å². The molecule has 0 fully saturated rings. The molecule has 1 atom stereocenters. The Labute approximate surface area is 182 Å². The van der Waals surface area contributed by atoms with Crippen molar-refractivity contribution >= 4 is 17.7 Å². The summed E-state index contributed by atoms with van der Waals surface area (Å²) >= 11 is 1.73. The van der Waals surface area contributed by atoms with E-state index in [4.69, 9.17) is 4.74 Å². The van der Waals surface area contributed by atoms with Crippen molar-refractivity contribution in [2.75, 3.05) is 27.7 Å². The molecule has 0 bridgehead atoms. The topological polar surface area (TPSA) is 54.5 Å². The largest absolute Gasteiger partial charge is 0.497 e. The number of ether oxygens (including phenoxy) is 1. The van der Waals surface area contributed by atoms with Crippen molar-refractivity contribution in [3.8, 4) is 5.75 Å². The zero-order valence-electron chi connectivity index (χ0n) is 17.5. The maximum Gasteiger partial charge on any atom is 0.251 e. The fraction of sp³-hybridized carbons (Fsp3) is 0.250. The predicted octanol–water partition coefficient (Wildman–Crippen LogP) is 4.42. The Kier molecular flexibility index (Phi) is 7.88. The van der Waals surface area contributed by atoms with Gasteiger partial charge >= 0.3 is 0 Å². The number of hydrogen-bond donors (Lipinski definition) is 1. The van der Waals surface area contributed by atoms with Gasteiger partial charge in [-0.15, -0.1) is 11.8 Å². The molecule has 3 aromatic rings. The van der Waals surface area contributed by atoms with Crippen LogP contribution in [0, 0.1) is 0 Å². The summed E-state index contributed by atoms with van der Waals surface area (Å²) in [7, 11) is 5.67. The van der Waals surface area contributed by atoms with E-state index in [1.165, 1.54) is 5.56 Å². The van der Waals surface area contributed by atoms with Gasteiger partial charge in [-0.3, -0.25) is 9.78 Å². The van der Waals surface area contributed by atoms with Gasteiger partial charge in [0.1, 0.15) is 5.75 Å². The monoisotopic (exact) mass is 421 g/mol. The number of amides is 1. The SMILES string of the molecule is COc1ccc(C(CNC(=O)c2ccc(SCc3cccnc3)cc2)N(C)C)cc1. The molecule has 0 spiro atoms.